The van der Waals surface area contributed by atoms with Gasteiger partial charge in [0.15, 0.2) is 0 Å². The van der Waals surface area contributed by atoms with Crippen molar-refractivity contribution >= 4 is 17.5 Å². The number of carbonyl (C=O) groups excluding carboxylic acids is 2. The van der Waals surface area contributed by atoms with Crippen LogP contribution in [0.2, 0.25) is 0 Å². The van der Waals surface area contributed by atoms with Gasteiger partial charge < -0.3 is 15.4 Å². The molecule has 0 atom stereocenters. The van der Waals surface area contributed by atoms with E-state index in [-0.39, 0.29) is 17.9 Å². The van der Waals surface area contributed by atoms with Gasteiger partial charge in [-0.2, -0.15) is 0 Å². The molecule has 2 N–H and O–H groups in total. The molecular formula is C19H21N3O3. The van der Waals surface area contributed by atoms with Crippen LogP contribution in [0.3, 0.4) is 0 Å². The fourth-order valence-electron chi connectivity index (χ4n) is 2.90. The quantitative estimate of drug-likeness (QED) is 0.877. The number of hydrogen-bond donors (Lipinski definition) is 2. The number of hydrogen-bond acceptors (Lipinski definition) is 4. The van der Waals surface area contributed by atoms with Crippen molar-refractivity contribution in [2.45, 2.75) is 31.7 Å². The molecule has 2 aromatic rings. The van der Waals surface area contributed by atoms with Crippen LogP contribution >= 0.6 is 0 Å². The Labute approximate surface area is 146 Å². The van der Waals surface area contributed by atoms with Crippen LogP contribution in [0.15, 0.2) is 42.7 Å². The second kappa shape index (κ2) is 7.79. The predicted octanol–water partition coefficient (Wildman–Crippen LogP) is 3.01. The lowest BCUT2D eigenvalue weighted by Gasteiger charge is -2.12. The van der Waals surface area contributed by atoms with Crippen molar-refractivity contribution in [2.75, 3.05) is 12.4 Å². The third-order valence-electron chi connectivity index (χ3n) is 4.30. The number of rotatable bonds is 5. The average molecular weight is 339 g/mol. The summed E-state index contributed by atoms with van der Waals surface area (Å²) in [7, 11) is 1.58. The van der Waals surface area contributed by atoms with Crippen LogP contribution in [-0.4, -0.2) is 29.9 Å². The first kappa shape index (κ1) is 17.0. The molecule has 25 heavy (non-hydrogen) atoms. The molecule has 1 aromatic heterocycles. The molecule has 1 saturated carbocycles. The number of amides is 2. The first-order chi connectivity index (χ1) is 12.2. The predicted molar refractivity (Wildman–Crippen MR) is 94.9 cm³/mol. The second-order valence-corrected chi connectivity index (χ2v) is 6.10. The first-order valence-corrected chi connectivity index (χ1v) is 8.37. The summed E-state index contributed by atoms with van der Waals surface area (Å²) in [5.41, 5.74) is 1.38. The van der Waals surface area contributed by atoms with E-state index >= 15 is 0 Å². The Kier molecular flexibility index (Phi) is 5.28. The summed E-state index contributed by atoms with van der Waals surface area (Å²) in [6.07, 6.45) is 7.24. The van der Waals surface area contributed by atoms with E-state index in [2.05, 4.69) is 15.6 Å². The Hall–Kier alpha value is -2.89. The molecule has 1 aliphatic carbocycles. The van der Waals surface area contributed by atoms with Gasteiger partial charge in [-0.25, -0.2) is 0 Å². The number of aromatic nitrogens is 1. The van der Waals surface area contributed by atoms with Crippen molar-refractivity contribution in [1.82, 2.24) is 10.3 Å². The SMILES string of the molecule is COc1ccc(NC(=O)c2cncc(C(=O)NC3CCCC3)c2)cc1. The summed E-state index contributed by atoms with van der Waals surface area (Å²) in [6, 6.07) is 8.82. The van der Waals surface area contributed by atoms with Crippen molar-refractivity contribution in [3.05, 3.63) is 53.9 Å². The van der Waals surface area contributed by atoms with Crippen LogP contribution < -0.4 is 15.4 Å². The Morgan fingerprint density at radius 3 is 2.32 bits per heavy atom. The standard InChI is InChI=1S/C19H21N3O3/c1-25-17-8-6-16(7-9-17)22-19(24)14-10-13(11-20-12-14)18(23)21-15-4-2-3-5-15/h6-12,15H,2-5H2,1H3,(H,21,23)(H,22,24). The smallest absolute Gasteiger partial charge is 0.257 e. The molecule has 0 spiro atoms. The average Bonchev–Trinajstić information content (AvgIpc) is 3.15. The summed E-state index contributed by atoms with van der Waals surface area (Å²) in [5.74, 6) is 0.219. The van der Waals surface area contributed by atoms with Crippen molar-refractivity contribution in [3.8, 4) is 5.75 Å². The van der Waals surface area contributed by atoms with E-state index in [4.69, 9.17) is 4.74 Å². The topological polar surface area (TPSA) is 80.3 Å². The van der Waals surface area contributed by atoms with Gasteiger partial charge in [-0.15, -0.1) is 0 Å². The number of nitrogens with zero attached hydrogens (tertiary/aromatic N) is 1. The number of benzene rings is 1. The van der Waals surface area contributed by atoms with Crippen LogP contribution in [0.4, 0.5) is 5.69 Å². The Balaban J connectivity index is 1.66. The molecular weight excluding hydrogens is 318 g/mol. The highest BCUT2D eigenvalue weighted by atomic mass is 16.5. The highest BCUT2D eigenvalue weighted by Gasteiger charge is 2.19. The van der Waals surface area contributed by atoms with Crippen LogP contribution in [0.25, 0.3) is 0 Å². The van der Waals surface area contributed by atoms with Gasteiger partial charge in [0.05, 0.1) is 18.2 Å². The van der Waals surface area contributed by atoms with Gasteiger partial charge in [0.1, 0.15) is 5.75 Å². The lowest BCUT2D eigenvalue weighted by atomic mass is 10.1. The van der Waals surface area contributed by atoms with Crippen LogP contribution in [0, 0.1) is 0 Å². The highest BCUT2D eigenvalue weighted by molar-refractivity contribution is 6.05. The zero-order valence-corrected chi connectivity index (χ0v) is 14.1. The number of ether oxygens (including phenoxy) is 1. The minimum absolute atomic E-state index is 0.182. The van der Waals surface area contributed by atoms with Gasteiger partial charge in [0.25, 0.3) is 11.8 Å². The molecule has 0 unspecified atom stereocenters. The first-order valence-electron chi connectivity index (χ1n) is 8.37. The minimum Gasteiger partial charge on any atom is -0.497 e. The Morgan fingerprint density at radius 2 is 1.68 bits per heavy atom. The molecule has 130 valence electrons. The molecule has 1 aromatic carbocycles. The van der Waals surface area contributed by atoms with Gasteiger partial charge >= 0.3 is 0 Å². The van der Waals surface area contributed by atoms with Crippen LogP contribution in [0.1, 0.15) is 46.4 Å². The molecule has 6 heteroatoms. The number of nitrogens with one attached hydrogen (secondary N) is 2. The van der Waals surface area contributed by atoms with Crippen molar-refractivity contribution in [3.63, 3.8) is 0 Å². The minimum atomic E-state index is -0.312. The highest BCUT2D eigenvalue weighted by Crippen LogP contribution is 2.19. The molecule has 6 nitrogen and oxygen atoms in total. The van der Waals surface area contributed by atoms with Gasteiger partial charge in [0, 0.05) is 24.1 Å². The zero-order chi connectivity index (χ0) is 17.6. The fourth-order valence-corrected chi connectivity index (χ4v) is 2.90. The third-order valence-corrected chi connectivity index (χ3v) is 4.30. The van der Waals surface area contributed by atoms with E-state index in [1.54, 1.807) is 37.4 Å². The van der Waals surface area contributed by atoms with E-state index in [1.165, 1.54) is 12.4 Å². The zero-order valence-electron chi connectivity index (χ0n) is 14.1. The third kappa shape index (κ3) is 4.35. The molecule has 0 radical (unpaired) electrons. The number of carbonyl (C=O) groups is 2. The van der Waals surface area contributed by atoms with Gasteiger partial charge in [0.2, 0.25) is 0 Å². The number of methoxy groups -OCH3 is 1. The summed E-state index contributed by atoms with van der Waals surface area (Å²) in [6.45, 7) is 0. The van der Waals surface area contributed by atoms with Crippen molar-refractivity contribution in [2.24, 2.45) is 0 Å². The Morgan fingerprint density at radius 1 is 1.04 bits per heavy atom. The summed E-state index contributed by atoms with van der Waals surface area (Å²) < 4.78 is 5.09. The molecule has 0 bridgehead atoms. The van der Waals surface area contributed by atoms with E-state index in [0.29, 0.717) is 22.6 Å². The molecule has 0 saturated heterocycles. The maximum Gasteiger partial charge on any atom is 0.257 e. The molecule has 1 heterocycles. The maximum absolute atomic E-state index is 12.4. The summed E-state index contributed by atoms with van der Waals surface area (Å²) >= 11 is 0. The van der Waals surface area contributed by atoms with E-state index in [1.807, 2.05) is 0 Å². The molecule has 0 aliphatic heterocycles. The Bertz CT molecular complexity index is 753. The van der Waals surface area contributed by atoms with Crippen molar-refractivity contribution in [1.29, 1.82) is 0 Å². The van der Waals surface area contributed by atoms with Crippen LogP contribution in [0.5, 0.6) is 5.75 Å². The molecule has 1 aliphatic rings. The molecule has 3 rings (SSSR count). The second-order valence-electron chi connectivity index (χ2n) is 6.10. The van der Waals surface area contributed by atoms with Gasteiger partial charge in [-0.1, -0.05) is 12.8 Å². The molecule has 1 fully saturated rings. The van der Waals surface area contributed by atoms with E-state index in [0.717, 1.165) is 25.7 Å². The lowest BCUT2D eigenvalue weighted by Crippen LogP contribution is -2.32. The van der Waals surface area contributed by atoms with E-state index < -0.39 is 0 Å². The normalized spacial score (nSPS) is 14.1. The summed E-state index contributed by atoms with van der Waals surface area (Å²) in [5, 5.41) is 5.78. The monoisotopic (exact) mass is 339 g/mol. The maximum atomic E-state index is 12.4. The van der Waals surface area contributed by atoms with Crippen molar-refractivity contribution < 1.29 is 14.3 Å². The van der Waals surface area contributed by atoms with E-state index in [9.17, 15) is 9.59 Å². The molecule has 2 amide bonds. The lowest BCUT2D eigenvalue weighted by molar-refractivity contribution is 0.0937. The summed E-state index contributed by atoms with van der Waals surface area (Å²) in [4.78, 5) is 28.7. The van der Waals surface area contributed by atoms with Gasteiger partial charge in [-0.3, -0.25) is 14.6 Å². The largest absolute Gasteiger partial charge is 0.497 e. The van der Waals surface area contributed by atoms with Gasteiger partial charge in [-0.05, 0) is 43.2 Å². The van der Waals surface area contributed by atoms with Crippen LogP contribution in [-0.2, 0) is 0 Å². The number of pyridine rings is 1. The number of anilines is 1. The fraction of sp³-hybridized carbons (Fsp3) is 0.316.